The van der Waals surface area contributed by atoms with E-state index in [1.165, 1.54) is 11.3 Å². The molecule has 0 spiro atoms. The summed E-state index contributed by atoms with van der Waals surface area (Å²) in [7, 11) is 0. The Hall–Kier alpha value is -1.47. The van der Waals surface area contributed by atoms with Gasteiger partial charge in [-0.2, -0.15) is 0 Å². The summed E-state index contributed by atoms with van der Waals surface area (Å²) in [4.78, 5) is 25.7. The van der Waals surface area contributed by atoms with Crippen molar-refractivity contribution in [1.29, 1.82) is 0 Å². The first-order valence-electron chi connectivity index (χ1n) is 5.05. The van der Waals surface area contributed by atoms with Gasteiger partial charge in [0.15, 0.2) is 0 Å². The van der Waals surface area contributed by atoms with Gasteiger partial charge in [-0.3, -0.25) is 4.79 Å². The first kappa shape index (κ1) is 13.6. The van der Waals surface area contributed by atoms with Crippen molar-refractivity contribution in [3.8, 4) is 0 Å². The molecule has 1 rings (SSSR count). The molecular weight excluding hydrogens is 244 g/mol. The maximum absolute atomic E-state index is 11.4. The summed E-state index contributed by atoms with van der Waals surface area (Å²) >= 11 is 1.50. The van der Waals surface area contributed by atoms with E-state index in [1.54, 1.807) is 0 Å². The van der Waals surface area contributed by atoms with E-state index in [0.29, 0.717) is 6.54 Å². The molecule has 0 aliphatic rings. The number of aromatic nitrogens is 1. The second kappa shape index (κ2) is 6.97. The zero-order valence-electron chi connectivity index (χ0n) is 9.43. The molecule has 0 aromatic carbocycles. The normalized spacial score (nSPS) is 10.2. The van der Waals surface area contributed by atoms with Crippen LogP contribution in [0, 0.1) is 6.92 Å². The highest BCUT2D eigenvalue weighted by Gasteiger charge is 2.05. The number of hydrogen-bond donors (Lipinski definition) is 2. The second-order valence-electron chi connectivity index (χ2n) is 3.33. The van der Waals surface area contributed by atoms with Gasteiger partial charge >= 0.3 is 5.97 Å². The highest BCUT2D eigenvalue weighted by atomic mass is 32.1. The van der Waals surface area contributed by atoms with Gasteiger partial charge in [-0.05, 0) is 6.92 Å². The minimum atomic E-state index is -1.02. The monoisotopic (exact) mass is 258 g/mol. The molecule has 0 radical (unpaired) electrons. The van der Waals surface area contributed by atoms with Crippen LogP contribution >= 0.6 is 11.3 Å². The number of carboxylic acids is 1. The number of nitrogens with zero attached hydrogens (tertiary/aromatic N) is 1. The van der Waals surface area contributed by atoms with Crippen LogP contribution in [0.4, 0.5) is 0 Å². The highest BCUT2D eigenvalue weighted by molar-refractivity contribution is 7.09. The number of carbonyl (C=O) groups excluding carboxylic acids is 1. The molecule has 0 saturated heterocycles. The molecule has 1 amide bonds. The van der Waals surface area contributed by atoms with Crippen molar-refractivity contribution in [2.75, 3.05) is 19.8 Å². The molecule has 1 aromatic heterocycles. The van der Waals surface area contributed by atoms with E-state index in [1.807, 2.05) is 12.3 Å². The lowest BCUT2D eigenvalue weighted by Crippen LogP contribution is -2.29. The number of nitrogens with one attached hydrogen (secondary N) is 1. The maximum Gasteiger partial charge on any atom is 0.329 e. The van der Waals surface area contributed by atoms with Crippen LogP contribution < -0.4 is 5.32 Å². The fourth-order valence-electron chi connectivity index (χ4n) is 1.14. The van der Waals surface area contributed by atoms with Crippen LogP contribution in [0.5, 0.6) is 0 Å². The molecule has 2 N–H and O–H groups in total. The van der Waals surface area contributed by atoms with Gasteiger partial charge in [0.25, 0.3) is 0 Å². The van der Waals surface area contributed by atoms with Crippen LogP contribution in [0.1, 0.15) is 10.7 Å². The molecule has 0 aliphatic heterocycles. The van der Waals surface area contributed by atoms with E-state index in [2.05, 4.69) is 10.3 Å². The van der Waals surface area contributed by atoms with Gasteiger partial charge in [0.1, 0.15) is 6.61 Å². The third kappa shape index (κ3) is 5.98. The number of aliphatic carboxylic acids is 1. The molecule has 0 fully saturated rings. The zero-order valence-corrected chi connectivity index (χ0v) is 10.2. The first-order chi connectivity index (χ1) is 8.08. The van der Waals surface area contributed by atoms with Crippen LogP contribution in [-0.2, 0) is 20.7 Å². The van der Waals surface area contributed by atoms with E-state index in [4.69, 9.17) is 9.84 Å². The van der Waals surface area contributed by atoms with Crippen LogP contribution in [0.2, 0.25) is 0 Å². The number of ether oxygens (including phenoxy) is 1. The molecule has 1 heterocycles. The number of amides is 1. The fourth-order valence-corrected chi connectivity index (χ4v) is 1.75. The summed E-state index contributed by atoms with van der Waals surface area (Å²) in [6.45, 7) is 2.02. The van der Waals surface area contributed by atoms with Crippen LogP contribution in [-0.4, -0.2) is 41.7 Å². The van der Waals surface area contributed by atoms with Crippen molar-refractivity contribution in [2.24, 2.45) is 0 Å². The van der Waals surface area contributed by atoms with E-state index in [-0.39, 0.29) is 25.5 Å². The van der Waals surface area contributed by atoms with Gasteiger partial charge in [0.2, 0.25) is 5.91 Å². The molecule has 0 unspecified atom stereocenters. The maximum atomic E-state index is 11.4. The van der Waals surface area contributed by atoms with E-state index in [0.717, 1.165) is 10.7 Å². The van der Waals surface area contributed by atoms with Crippen molar-refractivity contribution in [3.05, 3.63) is 16.1 Å². The number of carboxylic acid groups (broad SMARTS) is 1. The highest BCUT2D eigenvalue weighted by Crippen LogP contribution is 2.07. The third-order valence-electron chi connectivity index (χ3n) is 1.80. The largest absolute Gasteiger partial charge is 0.480 e. The average Bonchev–Trinajstić information content (AvgIpc) is 2.63. The average molecular weight is 258 g/mol. The minimum Gasteiger partial charge on any atom is -0.480 e. The lowest BCUT2D eigenvalue weighted by Gasteiger charge is -2.03. The molecule has 6 nitrogen and oxygen atoms in total. The van der Waals surface area contributed by atoms with Crippen LogP contribution in [0.25, 0.3) is 0 Å². The van der Waals surface area contributed by atoms with Crippen LogP contribution in [0.15, 0.2) is 5.38 Å². The Bertz CT molecular complexity index is 391. The van der Waals surface area contributed by atoms with Crippen molar-refractivity contribution in [1.82, 2.24) is 10.3 Å². The van der Waals surface area contributed by atoms with Crippen molar-refractivity contribution < 1.29 is 19.4 Å². The topological polar surface area (TPSA) is 88.5 Å². The Morgan fingerprint density at radius 3 is 2.94 bits per heavy atom. The summed E-state index contributed by atoms with van der Waals surface area (Å²) in [5.41, 5.74) is 0.747. The van der Waals surface area contributed by atoms with E-state index < -0.39 is 5.97 Å². The molecule has 1 aromatic rings. The Balaban J connectivity index is 2.11. The smallest absolute Gasteiger partial charge is 0.329 e. The number of rotatable bonds is 7. The summed E-state index contributed by atoms with van der Waals surface area (Å²) in [5, 5.41) is 13.7. The van der Waals surface area contributed by atoms with E-state index >= 15 is 0 Å². The third-order valence-corrected chi connectivity index (χ3v) is 2.62. The molecule has 0 bridgehead atoms. The summed E-state index contributed by atoms with van der Waals surface area (Å²) in [6.07, 6.45) is 0.239. The number of aryl methyl sites for hydroxylation is 1. The summed E-state index contributed by atoms with van der Waals surface area (Å²) in [6, 6.07) is 0. The number of carbonyl (C=O) groups is 2. The standard InChI is InChI=1S/C10H14N2O4S/c1-7-12-8(6-17-7)4-9(13)11-2-3-16-5-10(14)15/h6H,2-5H2,1H3,(H,11,13)(H,14,15). The first-order valence-corrected chi connectivity index (χ1v) is 5.93. The Morgan fingerprint density at radius 2 is 2.35 bits per heavy atom. The molecule has 7 heteroatoms. The fraction of sp³-hybridized carbons (Fsp3) is 0.500. The Kier molecular flexibility index (Phi) is 5.58. The van der Waals surface area contributed by atoms with Gasteiger partial charge in [0.05, 0.1) is 23.7 Å². The molecule has 0 aliphatic carbocycles. The van der Waals surface area contributed by atoms with Crippen molar-refractivity contribution in [2.45, 2.75) is 13.3 Å². The lowest BCUT2D eigenvalue weighted by molar-refractivity contribution is -0.142. The SMILES string of the molecule is Cc1nc(CC(=O)NCCOCC(=O)O)cs1. The molecule has 0 saturated carbocycles. The van der Waals surface area contributed by atoms with Crippen molar-refractivity contribution in [3.63, 3.8) is 0 Å². The number of hydrogen-bond acceptors (Lipinski definition) is 5. The molecular formula is C10H14N2O4S. The molecule has 0 atom stereocenters. The van der Waals surface area contributed by atoms with E-state index in [9.17, 15) is 9.59 Å². The van der Waals surface area contributed by atoms with Gasteiger partial charge in [-0.25, -0.2) is 9.78 Å². The number of thiazole rings is 1. The molecule has 17 heavy (non-hydrogen) atoms. The zero-order chi connectivity index (χ0) is 12.7. The summed E-state index contributed by atoms with van der Waals surface area (Å²) in [5.74, 6) is -1.16. The van der Waals surface area contributed by atoms with Gasteiger partial charge < -0.3 is 15.2 Å². The van der Waals surface area contributed by atoms with Gasteiger partial charge in [0, 0.05) is 11.9 Å². The minimum absolute atomic E-state index is 0.144. The Labute approximate surface area is 103 Å². The predicted octanol–water partition coefficient (Wildman–Crippen LogP) is 0.211. The second-order valence-corrected chi connectivity index (χ2v) is 4.39. The van der Waals surface area contributed by atoms with Gasteiger partial charge in [-0.15, -0.1) is 11.3 Å². The lowest BCUT2D eigenvalue weighted by atomic mass is 10.3. The summed E-state index contributed by atoms with van der Waals surface area (Å²) < 4.78 is 4.77. The van der Waals surface area contributed by atoms with Crippen LogP contribution in [0.3, 0.4) is 0 Å². The van der Waals surface area contributed by atoms with Gasteiger partial charge in [-0.1, -0.05) is 0 Å². The predicted molar refractivity (Wildman–Crippen MR) is 62.0 cm³/mol. The van der Waals surface area contributed by atoms with Crippen molar-refractivity contribution >= 4 is 23.2 Å². The Morgan fingerprint density at radius 1 is 1.59 bits per heavy atom. The molecule has 94 valence electrons. The quantitative estimate of drug-likeness (QED) is 0.683.